The number of carbonyl (C=O) groups is 2. The van der Waals surface area contributed by atoms with E-state index in [-0.39, 0.29) is 17.1 Å². The molecule has 4 rings (SSSR count). The Morgan fingerprint density at radius 3 is 2.11 bits per heavy atom. The van der Waals surface area contributed by atoms with Crippen LogP contribution in [0.1, 0.15) is 31.8 Å². The summed E-state index contributed by atoms with van der Waals surface area (Å²) in [6, 6.07) is 10.3. The lowest BCUT2D eigenvalue weighted by Gasteiger charge is -2.32. The number of morpholine rings is 1. The first kappa shape index (κ1) is 17.9. The molecular formula is C20H20N2O4S. The molecule has 0 radical (unpaired) electrons. The van der Waals surface area contributed by atoms with Crippen LogP contribution in [0.15, 0.2) is 40.8 Å². The third-order valence-corrected chi connectivity index (χ3v) is 5.34. The molecular weight excluding hydrogens is 364 g/mol. The van der Waals surface area contributed by atoms with Gasteiger partial charge in [0.05, 0.1) is 30.0 Å². The van der Waals surface area contributed by atoms with Gasteiger partial charge in [-0.25, -0.2) is 4.21 Å². The number of fused-ring (bicyclic) bond motifs is 2. The Morgan fingerprint density at radius 2 is 1.52 bits per heavy atom. The summed E-state index contributed by atoms with van der Waals surface area (Å²) in [5, 5.41) is 0. The van der Waals surface area contributed by atoms with Crippen molar-refractivity contribution < 1.29 is 18.5 Å². The van der Waals surface area contributed by atoms with Crippen LogP contribution in [0.4, 0.5) is 11.4 Å². The fourth-order valence-electron chi connectivity index (χ4n) is 3.57. The van der Waals surface area contributed by atoms with E-state index in [1.165, 1.54) is 12.5 Å². The van der Waals surface area contributed by atoms with E-state index in [0.717, 1.165) is 0 Å². The Morgan fingerprint density at radius 1 is 0.926 bits per heavy atom. The van der Waals surface area contributed by atoms with Gasteiger partial charge in [0.25, 0.3) is 0 Å². The quantitative estimate of drug-likeness (QED) is 0.679. The van der Waals surface area contributed by atoms with Crippen LogP contribution in [-0.2, 0) is 14.5 Å². The van der Waals surface area contributed by atoms with Crippen molar-refractivity contribution in [2.45, 2.75) is 0 Å². The topological polar surface area (TPSA) is 76.0 Å². The number of ketones is 2. The Labute approximate surface area is 158 Å². The number of ether oxygens (including phenoxy) is 1. The van der Waals surface area contributed by atoms with Crippen LogP contribution >= 0.6 is 0 Å². The van der Waals surface area contributed by atoms with Crippen molar-refractivity contribution in [3.05, 3.63) is 58.7 Å². The fourth-order valence-corrected chi connectivity index (χ4v) is 4.20. The fraction of sp³-hybridized carbons (Fsp3) is 0.300. The molecule has 0 aromatic heterocycles. The number of hydrogen-bond donors (Lipinski definition) is 0. The highest BCUT2D eigenvalue weighted by atomic mass is 32.2. The minimum Gasteiger partial charge on any atom is -0.378 e. The van der Waals surface area contributed by atoms with Crippen LogP contribution < -0.4 is 4.90 Å². The summed E-state index contributed by atoms with van der Waals surface area (Å²) in [6.45, 7) is 2.42. The van der Waals surface area contributed by atoms with E-state index in [9.17, 15) is 13.8 Å². The number of benzene rings is 2. The smallest absolute Gasteiger partial charge is 0.196 e. The third-order valence-electron chi connectivity index (χ3n) is 4.70. The summed E-state index contributed by atoms with van der Waals surface area (Å²) in [5.74, 6) is -0.449. The molecule has 0 saturated carbocycles. The van der Waals surface area contributed by atoms with Gasteiger partial charge in [-0.1, -0.05) is 24.3 Å². The summed E-state index contributed by atoms with van der Waals surface area (Å²) in [4.78, 5) is 28.6. The second-order valence-electron chi connectivity index (χ2n) is 6.93. The molecule has 1 aliphatic carbocycles. The van der Waals surface area contributed by atoms with Crippen LogP contribution in [-0.4, -0.2) is 54.6 Å². The summed E-state index contributed by atoms with van der Waals surface area (Å²) in [6.07, 6.45) is 3.02. The van der Waals surface area contributed by atoms with Gasteiger partial charge in [-0.15, -0.1) is 0 Å². The lowest BCUT2D eigenvalue weighted by Crippen LogP contribution is -2.38. The first-order valence-electron chi connectivity index (χ1n) is 8.72. The van der Waals surface area contributed by atoms with Gasteiger partial charge in [-0.05, 0) is 12.1 Å². The van der Waals surface area contributed by atoms with Gasteiger partial charge in [0.15, 0.2) is 11.6 Å². The Kier molecular flexibility index (Phi) is 4.36. The van der Waals surface area contributed by atoms with Crippen molar-refractivity contribution >= 4 is 32.7 Å². The van der Waals surface area contributed by atoms with Crippen LogP contribution in [0.5, 0.6) is 0 Å². The van der Waals surface area contributed by atoms with Crippen molar-refractivity contribution in [3.63, 3.8) is 0 Å². The van der Waals surface area contributed by atoms with E-state index in [1.54, 1.807) is 36.4 Å². The first-order valence-corrected chi connectivity index (χ1v) is 11.1. The van der Waals surface area contributed by atoms with Crippen molar-refractivity contribution in [1.29, 1.82) is 0 Å². The van der Waals surface area contributed by atoms with E-state index >= 15 is 0 Å². The molecule has 0 bridgehead atoms. The molecule has 1 aliphatic heterocycles. The highest BCUT2D eigenvalue weighted by Crippen LogP contribution is 2.39. The van der Waals surface area contributed by atoms with Crippen molar-refractivity contribution in [3.8, 4) is 0 Å². The lowest BCUT2D eigenvalue weighted by atomic mass is 9.82. The van der Waals surface area contributed by atoms with Crippen molar-refractivity contribution in [2.75, 3.05) is 43.7 Å². The summed E-state index contributed by atoms with van der Waals surface area (Å²) in [7, 11) is -2.49. The van der Waals surface area contributed by atoms with E-state index < -0.39 is 9.73 Å². The molecule has 2 aromatic rings. The molecule has 2 aliphatic rings. The largest absolute Gasteiger partial charge is 0.378 e. The molecule has 6 nitrogen and oxygen atoms in total. The highest BCUT2D eigenvalue weighted by molar-refractivity contribution is 7.92. The van der Waals surface area contributed by atoms with E-state index in [1.807, 2.05) is 0 Å². The van der Waals surface area contributed by atoms with E-state index in [4.69, 9.17) is 4.74 Å². The molecule has 0 spiro atoms. The second-order valence-corrected chi connectivity index (χ2v) is 9.47. The Bertz CT molecular complexity index is 1070. The van der Waals surface area contributed by atoms with Crippen molar-refractivity contribution in [1.82, 2.24) is 0 Å². The predicted molar refractivity (Wildman–Crippen MR) is 105 cm³/mol. The average Bonchev–Trinajstić information content (AvgIpc) is 2.65. The number of anilines is 1. The maximum atomic E-state index is 13.3. The van der Waals surface area contributed by atoms with Gasteiger partial charge >= 0.3 is 0 Å². The number of nitrogens with zero attached hydrogens (tertiary/aromatic N) is 2. The van der Waals surface area contributed by atoms with Gasteiger partial charge in [0.2, 0.25) is 0 Å². The molecule has 0 unspecified atom stereocenters. The molecule has 27 heavy (non-hydrogen) atoms. The average molecular weight is 384 g/mol. The third kappa shape index (κ3) is 3.17. The Hall–Kier alpha value is -2.51. The maximum Gasteiger partial charge on any atom is 0.196 e. The van der Waals surface area contributed by atoms with Crippen molar-refractivity contribution in [2.24, 2.45) is 4.36 Å². The molecule has 0 N–H and O–H groups in total. The minimum atomic E-state index is -2.49. The summed E-state index contributed by atoms with van der Waals surface area (Å²) >= 11 is 0. The molecule has 1 fully saturated rings. The molecule has 140 valence electrons. The summed E-state index contributed by atoms with van der Waals surface area (Å²) in [5.41, 5.74) is 2.38. The SMILES string of the molecule is CS(C)(=O)=Nc1ccc(N2CCOCC2)c2c1C(=O)c1ccccc1C2=O. The Balaban J connectivity index is 2.01. The van der Waals surface area contributed by atoms with E-state index in [2.05, 4.69) is 9.26 Å². The van der Waals surface area contributed by atoms with Crippen LogP contribution in [0.25, 0.3) is 0 Å². The van der Waals surface area contributed by atoms with Gasteiger partial charge in [-0.2, -0.15) is 4.36 Å². The van der Waals surface area contributed by atoms with Crippen LogP contribution in [0.3, 0.4) is 0 Å². The predicted octanol–water partition coefficient (Wildman–Crippen LogP) is 2.66. The van der Waals surface area contributed by atoms with Gasteiger partial charge in [0.1, 0.15) is 0 Å². The zero-order chi connectivity index (χ0) is 19.2. The zero-order valence-electron chi connectivity index (χ0n) is 15.2. The van der Waals surface area contributed by atoms with Crippen LogP contribution in [0, 0.1) is 0 Å². The zero-order valence-corrected chi connectivity index (χ0v) is 16.0. The number of hydrogen-bond acceptors (Lipinski definition) is 6. The standard InChI is InChI=1S/C20H20N2O4S/c1-27(2,25)21-15-7-8-16(22-9-11-26-12-10-22)18-17(15)19(23)13-5-3-4-6-14(13)20(18)24/h3-8H,9-12H2,1-2H3. The molecule has 0 amide bonds. The van der Waals surface area contributed by atoms with Gasteiger partial charge in [-0.3, -0.25) is 9.59 Å². The van der Waals surface area contributed by atoms with Gasteiger partial charge in [0, 0.05) is 52.1 Å². The molecule has 2 aromatic carbocycles. The lowest BCUT2D eigenvalue weighted by molar-refractivity contribution is 0.0978. The maximum absolute atomic E-state index is 13.3. The van der Waals surface area contributed by atoms with Gasteiger partial charge < -0.3 is 9.64 Å². The number of carbonyl (C=O) groups excluding carboxylic acids is 2. The molecule has 1 saturated heterocycles. The second kappa shape index (κ2) is 6.58. The first-order chi connectivity index (χ1) is 12.9. The molecule has 0 atom stereocenters. The normalized spacial score (nSPS) is 16.7. The minimum absolute atomic E-state index is 0.197. The number of rotatable bonds is 2. The molecule has 7 heteroatoms. The monoisotopic (exact) mass is 384 g/mol. The van der Waals surface area contributed by atoms with Crippen LogP contribution in [0.2, 0.25) is 0 Å². The highest BCUT2D eigenvalue weighted by Gasteiger charge is 2.35. The molecule has 1 heterocycles. The van der Waals surface area contributed by atoms with E-state index in [0.29, 0.717) is 54.4 Å². The summed E-state index contributed by atoms with van der Waals surface area (Å²) < 4.78 is 21.9.